The van der Waals surface area contributed by atoms with Gasteiger partial charge in [0.1, 0.15) is 0 Å². The number of ketones is 1. The van der Waals surface area contributed by atoms with Crippen LogP contribution >= 0.6 is 0 Å². The number of Topliss-reactive ketones (excluding diaryl/α,β-unsaturated/α-hetero) is 1. The zero-order valence-electron chi connectivity index (χ0n) is 15.5. The van der Waals surface area contributed by atoms with E-state index in [1.54, 1.807) is 0 Å². The van der Waals surface area contributed by atoms with Crippen LogP contribution < -0.4 is 0 Å². The highest BCUT2D eigenvalue weighted by atomic mass is 16.5. The molecule has 24 heavy (non-hydrogen) atoms. The van der Waals surface area contributed by atoms with E-state index in [-0.39, 0.29) is 17.2 Å². The Morgan fingerprint density at radius 1 is 1.04 bits per heavy atom. The minimum absolute atomic E-state index is 0.206. The van der Waals surface area contributed by atoms with Crippen molar-refractivity contribution in [2.75, 3.05) is 0 Å². The normalized spacial score (nSPS) is 50.6. The number of esters is 1. The van der Waals surface area contributed by atoms with Gasteiger partial charge in [0.25, 0.3) is 0 Å². The van der Waals surface area contributed by atoms with E-state index in [0.29, 0.717) is 17.3 Å². The van der Waals surface area contributed by atoms with Crippen LogP contribution in [0.25, 0.3) is 0 Å². The summed E-state index contributed by atoms with van der Waals surface area (Å²) in [6.45, 7) is 6.14. The maximum absolute atomic E-state index is 13.0. The van der Waals surface area contributed by atoms with Crippen LogP contribution in [0.4, 0.5) is 0 Å². The molecule has 0 unspecified atom stereocenters. The molecule has 4 rings (SSSR count). The fourth-order valence-corrected chi connectivity index (χ4v) is 7.36. The summed E-state index contributed by atoms with van der Waals surface area (Å²) < 4.78 is 5.40. The lowest BCUT2D eigenvalue weighted by Gasteiger charge is -2.59. The third-order valence-corrected chi connectivity index (χ3v) is 8.60. The van der Waals surface area contributed by atoms with Crippen molar-refractivity contribution in [2.24, 2.45) is 34.5 Å². The molecule has 3 heteroatoms. The van der Waals surface area contributed by atoms with Gasteiger partial charge in [-0.3, -0.25) is 9.59 Å². The van der Waals surface area contributed by atoms with Crippen LogP contribution in [0.5, 0.6) is 0 Å². The predicted molar refractivity (Wildman–Crippen MR) is 92.3 cm³/mol. The molecule has 0 aliphatic heterocycles. The molecule has 4 fully saturated rings. The molecule has 0 spiro atoms. The van der Waals surface area contributed by atoms with Crippen molar-refractivity contribution in [2.45, 2.75) is 84.7 Å². The summed E-state index contributed by atoms with van der Waals surface area (Å²) in [7, 11) is 0. The smallest absolute Gasteiger partial charge is 0.303 e. The molecule has 0 amide bonds. The molecule has 0 radical (unpaired) electrons. The molecule has 134 valence electrons. The molecule has 0 heterocycles. The molecular weight excluding hydrogens is 300 g/mol. The minimum atomic E-state index is -0.479. The molecule has 0 aromatic carbocycles. The van der Waals surface area contributed by atoms with Crippen molar-refractivity contribution in [3.05, 3.63) is 0 Å². The Morgan fingerprint density at radius 3 is 2.58 bits per heavy atom. The van der Waals surface area contributed by atoms with Gasteiger partial charge in [0.2, 0.25) is 0 Å². The van der Waals surface area contributed by atoms with Crippen LogP contribution in [0.3, 0.4) is 0 Å². The van der Waals surface area contributed by atoms with Gasteiger partial charge in [-0.15, -0.1) is 0 Å². The van der Waals surface area contributed by atoms with Gasteiger partial charge in [-0.05, 0) is 74.0 Å². The van der Waals surface area contributed by atoms with Crippen LogP contribution in [-0.2, 0) is 14.3 Å². The van der Waals surface area contributed by atoms with Gasteiger partial charge in [-0.1, -0.05) is 26.7 Å². The zero-order valence-corrected chi connectivity index (χ0v) is 15.5. The molecule has 0 saturated heterocycles. The highest BCUT2D eigenvalue weighted by Crippen LogP contribution is 2.65. The van der Waals surface area contributed by atoms with Gasteiger partial charge in [-0.2, -0.15) is 0 Å². The molecular formula is C21H32O3. The lowest BCUT2D eigenvalue weighted by molar-refractivity contribution is -0.154. The van der Waals surface area contributed by atoms with Gasteiger partial charge in [-0.25, -0.2) is 0 Å². The molecule has 7 atom stereocenters. The van der Waals surface area contributed by atoms with E-state index in [1.165, 1.54) is 51.9 Å². The number of carbonyl (C=O) groups excluding carboxylic acids is 2. The summed E-state index contributed by atoms with van der Waals surface area (Å²) in [5.41, 5.74) is 0.240. The summed E-state index contributed by atoms with van der Waals surface area (Å²) >= 11 is 0. The van der Waals surface area contributed by atoms with E-state index >= 15 is 0 Å². The Hall–Kier alpha value is -0.860. The monoisotopic (exact) mass is 332 g/mol. The molecule has 3 nitrogen and oxygen atoms in total. The van der Waals surface area contributed by atoms with Crippen LogP contribution in [-0.4, -0.2) is 17.9 Å². The Bertz CT molecular complexity index is 555. The third-order valence-electron chi connectivity index (χ3n) is 8.60. The summed E-state index contributed by atoms with van der Waals surface area (Å²) in [5.74, 6) is 2.66. The maximum atomic E-state index is 13.0. The van der Waals surface area contributed by atoms with Crippen LogP contribution in [0.1, 0.15) is 78.6 Å². The van der Waals surface area contributed by atoms with Crippen molar-refractivity contribution in [1.29, 1.82) is 0 Å². The molecule has 0 aromatic rings. The first-order chi connectivity index (χ1) is 11.4. The van der Waals surface area contributed by atoms with Crippen LogP contribution in [0.15, 0.2) is 0 Å². The van der Waals surface area contributed by atoms with Gasteiger partial charge >= 0.3 is 5.97 Å². The first kappa shape index (κ1) is 16.6. The molecule has 0 aromatic heterocycles. The second kappa shape index (κ2) is 5.57. The van der Waals surface area contributed by atoms with Gasteiger partial charge in [0.05, 0.1) is 0 Å². The second-order valence-corrected chi connectivity index (χ2v) is 9.56. The number of hydrogen-bond donors (Lipinski definition) is 0. The van der Waals surface area contributed by atoms with Crippen molar-refractivity contribution in [3.63, 3.8) is 0 Å². The molecule has 0 N–H and O–H groups in total. The van der Waals surface area contributed by atoms with Crippen LogP contribution in [0.2, 0.25) is 0 Å². The summed E-state index contributed by atoms with van der Waals surface area (Å²) in [6, 6.07) is 0. The minimum Gasteiger partial charge on any atom is -0.455 e. The fourth-order valence-electron chi connectivity index (χ4n) is 7.36. The Labute approximate surface area is 145 Å². The van der Waals surface area contributed by atoms with E-state index in [2.05, 4.69) is 13.8 Å². The Balaban J connectivity index is 1.62. The van der Waals surface area contributed by atoms with Crippen molar-refractivity contribution in [1.82, 2.24) is 0 Å². The number of fused-ring (bicyclic) bond motifs is 5. The first-order valence-corrected chi connectivity index (χ1v) is 10.1. The average Bonchev–Trinajstić information content (AvgIpc) is 2.78. The van der Waals surface area contributed by atoms with Gasteiger partial charge in [0, 0.05) is 12.3 Å². The van der Waals surface area contributed by atoms with E-state index in [0.717, 1.165) is 24.7 Å². The highest BCUT2D eigenvalue weighted by Gasteiger charge is 2.62. The lowest BCUT2D eigenvalue weighted by atomic mass is 9.45. The summed E-state index contributed by atoms with van der Waals surface area (Å²) in [4.78, 5) is 24.4. The largest absolute Gasteiger partial charge is 0.455 e. The van der Waals surface area contributed by atoms with E-state index in [9.17, 15) is 9.59 Å². The molecule has 4 aliphatic carbocycles. The molecule has 4 aliphatic rings. The van der Waals surface area contributed by atoms with Crippen LogP contribution in [0, 0.1) is 34.5 Å². The van der Waals surface area contributed by atoms with E-state index in [1.807, 2.05) is 0 Å². The van der Waals surface area contributed by atoms with Crippen molar-refractivity contribution < 1.29 is 14.3 Å². The molecule has 4 saturated carbocycles. The summed E-state index contributed by atoms with van der Waals surface area (Å²) in [5, 5.41) is 0. The Kier molecular flexibility index (Phi) is 3.85. The maximum Gasteiger partial charge on any atom is 0.303 e. The van der Waals surface area contributed by atoms with Gasteiger partial charge in [0.15, 0.2) is 11.9 Å². The zero-order chi connectivity index (χ0) is 17.1. The number of rotatable bonds is 1. The van der Waals surface area contributed by atoms with Gasteiger partial charge < -0.3 is 4.74 Å². The number of hydrogen-bond acceptors (Lipinski definition) is 3. The highest BCUT2D eigenvalue weighted by molar-refractivity contribution is 5.92. The third kappa shape index (κ3) is 2.22. The first-order valence-electron chi connectivity index (χ1n) is 10.1. The standard InChI is InChI=1S/C21H32O3/c1-13(22)24-18-12-17-15-8-7-14-6-4-5-10-20(14,2)16(15)9-11-21(17,3)19(18)23/h14-18H,4-12H2,1-3H3/t14-,15-,16-,17-,18-,20+,21-/m1/s1. The average molecular weight is 332 g/mol. The lowest BCUT2D eigenvalue weighted by Crippen LogP contribution is -2.52. The van der Waals surface area contributed by atoms with Crippen molar-refractivity contribution >= 4 is 11.8 Å². The summed E-state index contributed by atoms with van der Waals surface area (Å²) in [6.07, 6.45) is 10.7. The fraction of sp³-hybridized carbons (Fsp3) is 0.905. The quantitative estimate of drug-likeness (QED) is 0.663. The number of carbonyl (C=O) groups is 2. The van der Waals surface area contributed by atoms with E-state index < -0.39 is 6.10 Å². The number of ether oxygens (including phenoxy) is 1. The predicted octanol–water partition coefficient (Wildman–Crippen LogP) is 4.53. The Morgan fingerprint density at radius 2 is 1.83 bits per heavy atom. The second-order valence-electron chi connectivity index (χ2n) is 9.56. The topological polar surface area (TPSA) is 43.4 Å². The molecule has 0 bridgehead atoms. The van der Waals surface area contributed by atoms with Crippen molar-refractivity contribution in [3.8, 4) is 0 Å². The SMILES string of the molecule is CC(=O)O[C@@H]1C[C@@H]2[C@@H]3CC[C@H]4CCCC[C@]4(C)[C@@H]3CC[C@@]2(C)C1=O. The van der Waals surface area contributed by atoms with E-state index in [4.69, 9.17) is 4.74 Å².